The average molecular weight is 448 g/mol. The van der Waals surface area contributed by atoms with E-state index in [4.69, 9.17) is 4.74 Å². The van der Waals surface area contributed by atoms with E-state index in [0.29, 0.717) is 37.6 Å². The second-order valence-corrected chi connectivity index (χ2v) is 10.4. The fourth-order valence-electron chi connectivity index (χ4n) is 3.57. The predicted octanol–water partition coefficient (Wildman–Crippen LogP) is 2.89. The van der Waals surface area contributed by atoms with Crippen LogP contribution in [0, 0.1) is 5.92 Å². The van der Waals surface area contributed by atoms with Gasteiger partial charge in [-0.05, 0) is 42.5 Å². The van der Waals surface area contributed by atoms with Gasteiger partial charge in [-0.15, -0.1) is 11.8 Å². The lowest BCUT2D eigenvalue weighted by Crippen LogP contribution is -2.48. The molecule has 0 aliphatic carbocycles. The molecule has 0 radical (unpaired) electrons. The molecule has 7 nitrogen and oxygen atoms in total. The number of carbonyl (C=O) groups excluding carboxylic acids is 1. The molecule has 160 valence electrons. The highest BCUT2D eigenvalue weighted by molar-refractivity contribution is 7.99. The molecule has 30 heavy (non-hydrogen) atoms. The van der Waals surface area contributed by atoms with Gasteiger partial charge in [0, 0.05) is 48.4 Å². The lowest BCUT2D eigenvalue weighted by molar-refractivity contribution is -0.118. The predicted molar refractivity (Wildman–Crippen MR) is 119 cm³/mol. The Morgan fingerprint density at radius 1 is 1.07 bits per heavy atom. The molecule has 0 aromatic heterocycles. The number of nitrogens with one attached hydrogen (secondary N) is 1. The fraction of sp³-hybridized carbons (Fsp3) is 0.381. The zero-order chi connectivity index (χ0) is 21.3. The second-order valence-electron chi connectivity index (χ2n) is 7.45. The summed E-state index contributed by atoms with van der Waals surface area (Å²) in [4.78, 5) is 15.4. The zero-order valence-electron chi connectivity index (χ0n) is 17.0. The number of piperazine rings is 1. The van der Waals surface area contributed by atoms with Gasteiger partial charge >= 0.3 is 0 Å². The quantitative estimate of drug-likeness (QED) is 0.777. The number of carbonyl (C=O) groups is 1. The van der Waals surface area contributed by atoms with Gasteiger partial charge in [0.25, 0.3) is 0 Å². The second kappa shape index (κ2) is 8.49. The van der Waals surface area contributed by atoms with E-state index in [1.165, 1.54) is 4.31 Å². The van der Waals surface area contributed by atoms with Crippen molar-refractivity contribution in [3.63, 3.8) is 0 Å². The summed E-state index contributed by atoms with van der Waals surface area (Å²) in [6.45, 7) is 3.91. The standard InChI is InChI=1S/C21H25N3O4S2/c1-15-14-29-20-8-7-18(13-19(20)22-21(15)25)30(26,27)24-11-9-23(10-12-24)16-3-5-17(28-2)6-4-16/h3-8,13,15H,9-12,14H2,1-2H3,(H,22,25)/t15-/m1/s1. The van der Waals surface area contributed by atoms with Crippen LogP contribution in [0.1, 0.15) is 6.92 Å². The number of rotatable bonds is 4. The minimum absolute atomic E-state index is 0.0797. The Morgan fingerprint density at radius 3 is 2.43 bits per heavy atom. The molecule has 1 amide bonds. The summed E-state index contributed by atoms with van der Waals surface area (Å²) in [6, 6.07) is 12.8. The summed E-state index contributed by atoms with van der Waals surface area (Å²) < 4.78 is 33.1. The van der Waals surface area contributed by atoms with Gasteiger partial charge in [0.2, 0.25) is 15.9 Å². The number of sulfonamides is 1. The van der Waals surface area contributed by atoms with Crippen molar-refractivity contribution in [2.24, 2.45) is 5.92 Å². The lowest BCUT2D eigenvalue weighted by atomic mass is 10.2. The summed E-state index contributed by atoms with van der Waals surface area (Å²) in [7, 11) is -2.00. The van der Waals surface area contributed by atoms with Crippen LogP contribution < -0.4 is 15.0 Å². The van der Waals surface area contributed by atoms with Crippen molar-refractivity contribution in [2.75, 3.05) is 49.3 Å². The summed E-state index contributed by atoms with van der Waals surface area (Å²) in [5, 5.41) is 2.86. The molecule has 0 bridgehead atoms. The van der Waals surface area contributed by atoms with Gasteiger partial charge in [-0.25, -0.2) is 8.42 Å². The van der Waals surface area contributed by atoms with Gasteiger partial charge in [0.15, 0.2) is 0 Å². The van der Waals surface area contributed by atoms with Crippen LogP contribution in [0.3, 0.4) is 0 Å². The van der Waals surface area contributed by atoms with E-state index in [1.54, 1.807) is 37.1 Å². The first-order valence-electron chi connectivity index (χ1n) is 9.85. The lowest BCUT2D eigenvalue weighted by Gasteiger charge is -2.35. The van der Waals surface area contributed by atoms with Crippen molar-refractivity contribution in [1.82, 2.24) is 4.31 Å². The molecule has 1 N–H and O–H groups in total. The summed E-state index contributed by atoms with van der Waals surface area (Å²) in [6.07, 6.45) is 0. The topological polar surface area (TPSA) is 79.0 Å². The highest BCUT2D eigenvalue weighted by Gasteiger charge is 2.30. The molecule has 0 spiro atoms. The van der Waals surface area contributed by atoms with Crippen molar-refractivity contribution < 1.29 is 17.9 Å². The third-order valence-corrected chi connectivity index (χ3v) is 8.69. The van der Waals surface area contributed by atoms with E-state index in [0.717, 1.165) is 16.3 Å². The molecule has 1 atom stereocenters. The van der Waals surface area contributed by atoms with E-state index < -0.39 is 10.0 Å². The molecule has 0 saturated carbocycles. The molecule has 2 aliphatic heterocycles. The van der Waals surface area contributed by atoms with Crippen molar-refractivity contribution in [2.45, 2.75) is 16.7 Å². The van der Waals surface area contributed by atoms with Crippen LogP contribution in [0.5, 0.6) is 5.75 Å². The average Bonchev–Trinajstić information content (AvgIpc) is 2.91. The Labute approximate surface area is 181 Å². The molecule has 2 heterocycles. The molecule has 9 heteroatoms. The molecule has 4 rings (SSSR count). The molecule has 2 aliphatic rings. The molecule has 0 unspecified atom stereocenters. The Morgan fingerprint density at radius 2 is 1.77 bits per heavy atom. The van der Waals surface area contributed by atoms with E-state index >= 15 is 0 Å². The number of benzene rings is 2. The molecule has 2 aromatic rings. The van der Waals surface area contributed by atoms with E-state index in [2.05, 4.69) is 10.2 Å². The molecular formula is C21H25N3O4S2. The minimum Gasteiger partial charge on any atom is -0.497 e. The van der Waals surface area contributed by atoms with Crippen LogP contribution in [0.25, 0.3) is 0 Å². The number of nitrogens with zero attached hydrogens (tertiary/aromatic N) is 2. The largest absolute Gasteiger partial charge is 0.497 e. The Bertz CT molecular complexity index is 1030. The maximum absolute atomic E-state index is 13.2. The van der Waals surface area contributed by atoms with Crippen LogP contribution >= 0.6 is 11.8 Å². The SMILES string of the molecule is COc1ccc(N2CCN(S(=O)(=O)c3ccc4c(c3)NC(=O)[C@H](C)CS4)CC2)cc1. The highest BCUT2D eigenvalue weighted by Crippen LogP contribution is 2.35. The number of thioether (sulfide) groups is 1. The summed E-state index contributed by atoms with van der Waals surface area (Å²) in [5.74, 6) is 1.28. The first-order valence-corrected chi connectivity index (χ1v) is 12.3. The maximum atomic E-state index is 13.2. The molecule has 1 saturated heterocycles. The normalized spacial score (nSPS) is 20.3. The van der Waals surface area contributed by atoms with Gasteiger partial charge in [-0.1, -0.05) is 6.92 Å². The van der Waals surface area contributed by atoms with Crippen molar-refractivity contribution in [3.8, 4) is 5.75 Å². The Kier molecular flexibility index (Phi) is 5.95. The smallest absolute Gasteiger partial charge is 0.243 e. The van der Waals surface area contributed by atoms with Gasteiger partial charge in [0.05, 0.1) is 17.7 Å². The number of hydrogen-bond acceptors (Lipinski definition) is 6. The number of ether oxygens (including phenoxy) is 1. The number of hydrogen-bond donors (Lipinski definition) is 1. The molecular weight excluding hydrogens is 422 g/mol. The van der Waals surface area contributed by atoms with Crippen LogP contribution in [0.4, 0.5) is 11.4 Å². The molecule has 1 fully saturated rings. The minimum atomic E-state index is -3.63. The van der Waals surface area contributed by atoms with Crippen molar-refractivity contribution >= 4 is 39.1 Å². The third kappa shape index (κ3) is 4.14. The van der Waals surface area contributed by atoms with Gasteiger partial charge in [-0.2, -0.15) is 4.31 Å². The summed E-state index contributed by atoms with van der Waals surface area (Å²) >= 11 is 1.57. The van der Waals surface area contributed by atoms with Gasteiger partial charge in [-0.3, -0.25) is 4.79 Å². The number of anilines is 2. The first-order chi connectivity index (χ1) is 14.4. The van der Waals surface area contributed by atoms with Crippen LogP contribution in [0.15, 0.2) is 52.3 Å². The summed E-state index contributed by atoms with van der Waals surface area (Å²) in [5.41, 5.74) is 1.62. The zero-order valence-corrected chi connectivity index (χ0v) is 18.6. The fourth-order valence-corrected chi connectivity index (χ4v) is 6.03. The number of amides is 1. The van der Waals surface area contributed by atoms with E-state index in [-0.39, 0.29) is 16.7 Å². The number of methoxy groups -OCH3 is 1. The van der Waals surface area contributed by atoms with E-state index in [9.17, 15) is 13.2 Å². The van der Waals surface area contributed by atoms with Crippen molar-refractivity contribution in [3.05, 3.63) is 42.5 Å². The maximum Gasteiger partial charge on any atom is 0.243 e. The van der Waals surface area contributed by atoms with Crippen LogP contribution in [-0.2, 0) is 14.8 Å². The Hall–Kier alpha value is -2.23. The monoisotopic (exact) mass is 447 g/mol. The third-order valence-electron chi connectivity index (χ3n) is 5.46. The molecule has 2 aromatic carbocycles. The van der Waals surface area contributed by atoms with Crippen LogP contribution in [-0.4, -0.2) is 57.7 Å². The van der Waals surface area contributed by atoms with Gasteiger partial charge < -0.3 is 15.0 Å². The first kappa shape index (κ1) is 21.0. The van der Waals surface area contributed by atoms with Gasteiger partial charge in [0.1, 0.15) is 5.75 Å². The number of fused-ring (bicyclic) bond motifs is 1. The Balaban J connectivity index is 1.48. The van der Waals surface area contributed by atoms with E-state index in [1.807, 2.05) is 31.2 Å². The highest BCUT2D eigenvalue weighted by atomic mass is 32.2. The van der Waals surface area contributed by atoms with Crippen molar-refractivity contribution in [1.29, 1.82) is 0 Å². The van der Waals surface area contributed by atoms with Crippen LogP contribution in [0.2, 0.25) is 0 Å².